The number of allylic oxidation sites excluding steroid dienone is 5. The van der Waals surface area contributed by atoms with Crippen molar-refractivity contribution in [3.05, 3.63) is 119 Å². The number of anilines is 1. The molecule has 46 heavy (non-hydrogen) atoms. The lowest BCUT2D eigenvalue weighted by Gasteiger charge is -2.29. The molecule has 234 valence electrons. The van der Waals surface area contributed by atoms with E-state index >= 15 is 0 Å². The zero-order valence-corrected chi connectivity index (χ0v) is 28.1. The molecule has 0 atom stereocenters. The first-order chi connectivity index (χ1) is 22.1. The van der Waals surface area contributed by atoms with Crippen LogP contribution in [0.2, 0.25) is 0 Å². The van der Waals surface area contributed by atoms with E-state index < -0.39 is 0 Å². The van der Waals surface area contributed by atoms with E-state index in [1.807, 2.05) is 12.2 Å². The zero-order valence-electron chi connectivity index (χ0n) is 28.1. The third-order valence-corrected chi connectivity index (χ3v) is 10.5. The van der Waals surface area contributed by atoms with Crippen LogP contribution in [0, 0.1) is 0 Å². The molecule has 1 N–H and O–H groups in total. The molecule has 4 heteroatoms. The molecule has 2 heterocycles. The summed E-state index contributed by atoms with van der Waals surface area (Å²) in [5.41, 5.74) is 7.26. The maximum atomic E-state index is 14.0. The van der Waals surface area contributed by atoms with E-state index in [4.69, 9.17) is 0 Å². The highest BCUT2D eigenvalue weighted by atomic mass is 16.3. The molecule has 4 aromatic rings. The number of carbonyl (C=O) groups is 1. The van der Waals surface area contributed by atoms with Gasteiger partial charge in [-0.15, -0.1) is 0 Å². The molecule has 3 aliphatic rings. The van der Waals surface area contributed by atoms with Crippen molar-refractivity contribution in [2.24, 2.45) is 0 Å². The van der Waals surface area contributed by atoms with Crippen LogP contribution in [-0.4, -0.2) is 34.3 Å². The number of carbonyl (C=O) groups excluding carboxylic acids is 1. The molecule has 4 aromatic carbocycles. The molecule has 0 bridgehead atoms. The second-order valence-corrected chi connectivity index (χ2v) is 14.2. The van der Waals surface area contributed by atoms with Crippen LogP contribution < -0.4 is 4.90 Å². The van der Waals surface area contributed by atoms with Gasteiger partial charge in [-0.25, -0.2) is 0 Å². The second-order valence-electron chi connectivity index (χ2n) is 14.2. The minimum atomic E-state index is -0.335. The molecular formula is C42H45N2O2+. The molecule has 4 nitrogen and oxygen atoms in total. The molecule has 0 unspecified atom stereocenters. The maximum absolute atomic E-state index is 14.0. The van der Waals surface area contributed by atoms with Crippen molar-refractivity contribution >= 4 is 44.4 Å². The molecule has 0 saturated carbocycles. The van der Waals surface area contributed by atoms with Gasteiger partial charge in [-0.1, -0.05) is 95.1 Å². The Kier molecular flexibility index (Phi) is 7.31. The Balaban J connectivity index is 1.34. The van der Waals surface area contributed by atoms with Crippen molar-refractivity contribution in [3.63, 3.8) is 0 Å². The summed E-state index contributed by atoms with van der Waals surface area (Å²) in [6.07, 6.45) is 8.18. The van der Waals surface area contributed by atoms with Crippen molar-refractivity contribution < 1.29 is 14.5 Å². The van der Waals surface area contributed by atoms with Crippen LogP contribution in [0.25, 0.3) is 21.5 Å². The van der Waals surface area contributed by atoms with Crippen LogP contribution in [0.4, 0.5) is 11.4 Å². The lowest BCUT2D eigenvalue weighted by Crippen LogP contribution is -2.32. The van der Waals surface area contributed by atoms with Crippen molar-refractivity contribution in [1.29, 1.82) is 0 Å². The third-order valence-electron chi connectivity index (χ3n) is 10.5. The minimum Gasteiger partial charge on any atom is -0.506 e. The molecule has 0 spiro atoms. The monoisotopic (exact) mass is 609 g/mol. The Morgan fingerprint density at radius 3 is 2.04 bits per heavy atom. The lowest BCUT2D eigenvalue weighted by molar-refractivity contribution is -0.438. The first-order valence-electron chi connectivity index (χ1n) is 17.0. The predicted octanol–water partition coefficient (Wildman–Crippen LogP) is 9.97. The Morgan fingerprint density at radius 1 is 0.761 bits per heavy atom. The van der Waals surface area contributed by atoms with Crippen molar-refractivity contribution in [2.75, 3.05) is 18.0 Å². The molecule has 0 fully saturated rings. The fourth-order valence-electron chi connectivity index (χ4n) is 8.09. The van der Waals surface area contributed by atoms with Gasteiger partial charge in [0.15, 0.2) is 5.71 Å². The number of rotatable bonds is 8. The number of aliphatic hydroxyl groups is 1. The summed E-state index contributed by atoms with van der Waals surface area (Å²) in [4.78, 5) is 16.4. The van der Waals surface area contributed by atoms with Crippen LogP contribution in [0.1, 0.15) is 78.4 Å². The lowest BCUT2D eigenvalue weighted by atomic mass is 9.76. The van der Waals surface area contributed by atoms with Crippen LogP contribution in [0.15, 0.2) is 108 Å². The summed E-state index contributed by atoms with van der Waals surface area (Å²) in [5, 5.41) is 16.5. The molecule has 7 rings (SSSR count). The number of aliphatic hydroxyl groups excluding tert-OH is 1. The molecule has 0 radical (unpaired) electrons. The van der Waals surface area contributed by atoms with Gasteiger partial charge in [0, 0.05) is 47.5 Å². The second kappa shape index (κ2) is 11.1. The van der Waals surface area contributed by atoms with Crippen LogP contribution in [0.5, 0.6) is 0 Å². The number of ketones is 1. The van der Waals surface area contributed by atoms with Gasteiger partial charge in [-0.05, 0) is 65.6 Å². The normalized spacial score (nSPS) is 20.0. The topological polar surface area (TPSA) is 43.5 Å². The standard InChI is InChI=1S/C42H44N2O2/c1-7-9-23-43-33-21-19-27-15-11-13-17-29(27)37(33)41(3,4)35(43)25-31-39(45)32(40(31)46)26-36-42(5,6)38-30-18-14-12-16-28(30)20-22-34(38)44(36)24-10-8-2/h11-22,25-26H,7-10,23-24H2,1-6H3/p+1. The number of hydrogen-bond acceptors (Lipinski definition) is 3. The number of unbranched alkanes of at least 4 members (excludes halogenated alkanes) is 2. The molecular weight excluding hydrogens is 564 g/mol. The van der Waals surface area contributed by atoms with E-state index in [0.717, 1.165) is 50.2 Å². The van der Waals surface area contributed by atoms with Gasteiger partial charge in [0.2, 0.25) is 11.5 Å². The number of Topliss-reactive ketones (excluding diaryl/α,β-unsaturated/α-hetero) is 1. The quantitative estimate of drug-likeness (QED) is 0.160. The van der Waals surface area contributed by atoms with E-state index in [2.05, 4.69) is 124 Å². The Bertz CT molecular complexity index is 2050. The van der Waals surface area contributed by atoms with Gasteiger partial charge in [0.25, 0.3) is 0 Å². The van der Waals surface area contributed by atoms with E-state index in [1.54, 1.807) is 0 Å². The summed E-state index contributed by atoms with van der Waals surface area (Å²) >= 11 is 0. The van der Waals surface area contributed by atoms with Crippen molar-refractivity contribution in [3.8, 4) is 0 Å². The maximum Gasteiger partial charge on any atom is 0.210 e. The van der Waals surface area contributed by atoms with Gasteiger partial charge in [0.05, 0.1) is 16.6 Å². The summed E-state index contributed by atoms with van der Waals surface area (Å²) in [7, 11) is 0. The van der Waals surface area contributed by atoms with Gasteiger partial charge >= 0.3 is 0 Å². The first-order valence-corrected chi connectivity index (χ1v) is 17.0. The Hall–Kier alpha value is -4.44. The molecule has 0 saturated heterocycles. The summed E-state index contributed by atoms with van der Waals surface area (Å²) in [5.74, 6) is 0.0146. The Labute approximate surface area is 273 Å². The average molecular weight is 610 g/mol. The SMILES string of the molecule is CCCCN1/C(=C\C2=C(O)C(=C/C3=[N+](CCCC)c4ccc5ccccc5c4C3(C)C)/C2=O)C(C)(C)c2c1ccc1ccccc21. The highest BCUT2D eigenvalue weighted by molar-refractivity contribution is 6.24. The molecule has 1 aliphatic carbocycles. The fraction of sp³-hybridized carbons (Fsp3) is 0.333. The van der Waals surface area contributed by atoms with Crippen LogP contribution >= 0.6 is 0 Å². The number of hydrogen-bond donors (Lipinski definition) is 1. The third kappa shape index (κ3) is 4.40. The highest BCUT2D eigenvalue weighted by Crippen LogP contribution is 2.52. The molecule has 0 aromatic heterocycles. The van der Waals surface area contributed by atoms with Crippen molar-refractivity contribution in [2.45, 2.75) is 78.1 Å². The average Bonchev–Trinajstić information content (AvgIpc) is 3.41. The smallest absolute Gasteiger partial charge is 0.210 e. The summed E-state index contributed by atoms with van der Waals surface area (Å²) in [6.45, 7) is 15.1. The van der Waals surface area contributed by atoms with Crippen molar-refractivity contribution in [1.82, 2.24) is 0 Å². The van der Waals surface area contributed by atoms with Gasteiger partial charge in [-0.3, -0.25) is 4.79 Å². The number of fused-ring (bicyclic) bond motifs is 6. The molecule has 0 amide bonds. The zero-order chi connectivity index (χ0) is 32.4. The summed E-state index contributed by atoms with van der Waals surface area (Å²) < 4.78 is 2.38. The van der Waals surface area contributed by atoms with E-state index in [0.29, 0.717) is 11.1 Å². The predicted molar refractivity (Wildman–Crippen MR) is 192 cm³/mol. The van der Waals surface area contributed by atoms with Gasteiger partial charge in [-0.2, -0.15) is 4.58 Å². The van der Waals surface area contributed by atoms with Crippen LogP contribution in [0.3, 0.4) is 0 Å². The highest BCUT2D eigenvalue weighted by Gasteiger charge is 2.48. The van der Waals surface area contributed by atoms with Gasteiger partial charge in [0.1, 0.15) is 12.3 Å². The van der Waals surface area contributed by atoms with E-state index in [9.17, 15) is 9.90 Å². The Morgan fingerprint density at radius 2 is 1.39 bits per heavy atom. The fourth-order valence-corrected chi connectivity index (χ4v) is 8.09. The molecule has 2 aliphatic heterocycles. The van der Waals surface area contributed by atoms with Crippen LogP contribution in [-0.2, 0) is 15.6 Å². The first kappa shape index (κ1) is 30.2. The minimum absolute atomic E-state index is 0.0865. The number of nitrogens with zero attached hydrogens (tertiary/aromatic N) is 2. The van der Waals surface area contributed by atoms with E-state index in [-0.39, 0.29) is 22.4 Å². The van der Waals surface area contributed by atoms with Gasteiger partial charge < -0.3 is 10.0 Å². The largest absolute Gasteiger partial charge is 0.506 e. The summed E-state index contributed by atoms with van der Waals surface area (Å²) in [6, 6.07) is 26.0. The van der Waals surface area contributed by atoms with E-state index in [1.165, 1.54) is 44.0 Å². The number of benzene rings is 4.